The number of nitrogens with zero attached hydrogens (tertiary/aromatic N) is 1. The molecule has 2 unspecified atom stereocenters. The van der Waals surface area contributed by atoms with Gasteiger partial charge in [-0.25, -0.2) is 4.79 Å². The first kappa shape index (κ1) is 56.2. The normalized spacial score (nSPS) is 13.3. The zero-order valence-corrected chi connectivity index (χ0v) is 38.7. The quantitative estimate of drug-likeness (QED) is 0.0213. The number of hydrogen-bond acceptors (Lipinski definition) is 7. The van der Waals surface area contributed by atoms with Gasteiger partial charge in [-0.15, -0.1) is 0 Å². The summed E-state index contributed by atoms with van der Waals surface area (Å²) in [5.74, 6) is -2.02. The van der Waals surface area contributed by atoms with Crippen molar-refractivity contribution in [3.63, 3.8) is 0 Å². The molecule has 0 bridgehead atoms. The van der Waals surface area contributed by atoms with Crippen LogP contribution in [-0.4, -0.2) is 87.4 Å². The maximum Gasteiger partial charge on any atom is 0.361 e. The third kappa shape index (κ3) is 43.2. The fraction of sp³-hybridized carbons (Fsp3) is 0.780. The Morgan fingerprint density at radius 2 is 0.966 bits per heavy atom. The lowest BCUT2D eigenvalue weighted by Gasteiger charge is -2.25. The third-order valence-corrected chi connectivity index (χ3v) is 10.1. The molecule has 0 aliphatic carbocycles. The molecule has 1 N–H and O–H groups in total. The van der Waals surface area contributed by atoms with Gasteiger partial charge in [0.15, 0.2) is 6.10 Å². The molecule has 9 nitrogen and oxygen atoms in total. The number of carbonyl (C=O) groups is 3. The fourth-order valence-electron chi connectivity index (χ4n) is 6.41. The maximum absolute atomic E-state index is 12.7. The highest BCUT2D eigenvalue weighted by Gasteiger charge is 2.25. The summed E-state index contributed by atoms with van der Waals surface area (Å²) in [7, 11) is 5.94. The second-order valence-electron chi connectivity index (χ2n) is 17.0. The highest BCUT2D eigenvalue weighted by Crippen LogP contribution is 2.15. The Morgan fingerprint density at radius 1 is 0.525 bits per heavy atom. The summed E-state index contributed by atoms with van der Waals surface area (Å²) in [5, 5.41) is 9.59. The van der Waals surface area contributed by atoms with Crippen molar-refractivity contribution in [1.82, 2.24) is 0 Å². The number of unbranched alkanes of at least 4 members (excludes halogenated alkanes) is 20. The molecule has 0 aliphatic rings. The topological polar surface area (TPSA) is 108 Å². The molecule has 342 valence electrons. The van der Waals surface area contributed by atoms with Crippen LogP contribution in [-0.2, 0) is 33.3 Å². The molecule has 9 heteroatoms. The molecule has 0 aromatic rings. The summed E-state index contributed by atoms with van der Waals surface area (Å²) in [4.78, 5) is 36.8. The molecule has 0 fully saturated rings. The minimum atomic E-state index is -1.50. The average molecular weight is 833 g/mol. The molecule has 2 atom stereocenters. The second kappa shape index (κ2) is 42.0. The lowest BCUT2D eigenvalue weighted by atomic mass is 10.0. The van der Waals surface area contributed by atoms with Crippen LogP contribution < -0.4 is 0 Å². The van der Waals surface area contributed by atoms with E-state index in [1.807, 2.05) is 21.1 Å². The van der Waals surface area contributed by atoms with Crippen molar-refractivity contribution in [2.24, 2.45) is 0 Å². The highest BCUT2D eigenvalue weighted by atomic mass is 16.7. The van der Waals surface area contributed by atoms with Crippen molar-refractivity contribution in [3.8, 4) is 0 Å². The molecule has 0 aromatic carbocycles. The summed E-state index contributed by atoms with van der Waals surface area (Å²) in [6, 6.07) is 0. The average Bonchev–Trinajstić information content (AvgIpc) is 3.19. The Balaban J connectivity index is 4.02. The van der Waals surface area contributed by atoms with Gasteiger partial charge in [0.05, 0.1) is 34.4 Å². The van der Waals surface area contributed by atoms with Gasteiger partial charge in [0.1, 0.15) is 13.2 Å². The van der Waals surface area contributed by atoms with Gasteiger partial charge in [-0.1, -0.05) is 178 Å². The van der Waals surface area contributed by atoms with Crippen molar-refractivity contribution >= 4 is 17.9 Å². The zero-order valence-electron chi connectivity index (χ0n) is 38.7. The van der Waals surface area contributed by atoms with Crippen LogP contribution in [0.5, 0.6) is 0 Å². The molecular weight excluding hydrogens is 743 g/mol. The van der Waals surface area contributed by atoms with Crippen LogP contribution in [0.2, 0.25) is 0 Å². The molecule has 0 saturated carbocycles. The van der Waals surface area contributed by atoms with Crippen molar-refractivity contribution in [2.45, 2.75) is 206 Å². The molecule has 0 amide bonds. The number of ether oxygens (including phenoxy) is 4. The van der Waals surface area contributed by atoms with Crippen molar-refractivity contribution in [1.29, 1.82) is 0 Å². The van der Waals surface area contributed by atoms with Crippen LogP contribution in [0.3, 0.4) is 0 Å². The fourth-order valence-corrected chi connectivity index (χ4v) is 6.41. The Labute approximate surface area is 362 Å². The van der Waals surface area contributed by atoms with Crippen LogP contribution in [0.1, 0.15) is 194 Å². The predicted octanol–water partition coefficient (Wildman–Crippen LogP) is 12.8. The van der Waals surface area contributed by atoms with Crippen LogP contribution in [0, 0.1) is 0 Å². The Kier molecular flexibility index (Phi) is 40.0. The summed E-state index contributed by atoms with van der Waals surface area (Å²) >= 11 is 0. The van der Waals surface area contributed by atoms with Gasteiger partial charge in [-0.2, -0.15) is 0 Å². The van der Waals surface area contributed by atoms with Gasteiger partial charge in [0.25, 0.3) is 6.29 Å². The van der Waals surface area contributed by atoms with Crippen LogP contribution in [0.4, 0.5) is 0 Å². The monoisotopic (exact) mass is 833 g/mol. The van der Waals surface area contributed by atoms with Crippen LogP contribution >= 0.6 is 0 Å². The van der Waals surface area contributed by atoms with E-state index in [1.54, 1.807) is 0 Å². The first-order valence-corrected chi connectivity index (χ1v) is 23.8. The number of rotatable bonds is 43. The number of hydrogen-bond donors (Lipinski definition) is 1. The SMILES string of the molecule is CC/C=C\C/C=C\C/C=C\C/C=C\CCCCCCCCCCCCCCCCCCC(=O)OC(COC(=O)CCCCCCC)COC(OCC[N+](C)(C)C)C(=O)O. The largest absolute Gasteiger partial charge is 0.477 e. The molecule has 59 heavy (non-hydrogen) atoms. The molecule has 0 radical (unpaired) electrons. The maximum atomic E-state index is 12.7. The van der Waals surface area contributed by atoms with Crippen molar-refractivity contribution in [3.05, 3.63) is 48.6 Å². The van der Waals surface area contributed by atoms with Gasteiger partial charge in [0, 0.05) is 12.8 Å². The van der Waals surface area contributed by atoms with Crippen LogP contribution in [0.15, 0.2) is 48.6 Å². The van der Waals surface area contributed by atoms with Crippen LogP contribution in [0.25, 0.3) is 0 Å². The Bertz CT molecular complexity index is 1110. The van der Waals surface area contributed by atoms with E-state index < -0.39 is 24.3 Å². The Morgan fingerprint density at radius 3 is 1.44 bits per heavy atom. The van der Waals surface area contributed by atoms with Crippen molar-refractivity contribution < 1.29 is 42.9 Å². The number of carboxylic acids is 1. The summed E-state index contributed by atoms with van der Waals surface area (Å²) in [6.07, 6.45) is 46.6. The van der Waals surface area contributed by atoms with E-state index in [4.69, 9.17) is 18.9 Å². The van der Waals surface area contributed by atoms with E-state index in [9.17, 15) is 19.5 Å². The summed E-state index contributed by atoms with van der Waals surface area (Å²) < 4.78 is 22.6. The number of carboxylic acid groups (broad SMARTS) is 1. The second-order valence-corrected chi connectivity index (χ2v) is 17.0. The molecule has 0 heterocycles. The van der Waals surface area contributed by atoms with E-state index in [1.165, 1.54) is 89.9 Å². The number of likely N-dealkylation sites (N-methyl/N-ethyl adjacent to an activating group) is 1. The van der Waals surface area contributed by atoms with E-state index in [2.05, 4.69) is 62.5 Å². The predicted molar refractivity (Wildman–Crippen MR) is 244 cm³/mol. The lowest BCUT2D eigenvalue weighted by Crippen LogP contribution is -2.40. The first-order valence-electron chi connectivity index (χ1n) is 23.8. The lowest BCUT2D eigenvalue weighted by molar-refractivity contribution is -0.870. The minimum absolute atomic E-state index is 0.182. The molecule has 0 aliphatic heterocycles. The number of allylic oxidation sites excluding steroid dienone is 8. The molecule has 0 saturated heterocycles. The Hall–Kier alpha value is -2.75. The number of quaternary nitrogens is 1. The molecule has 0 spiro atoms. The standard InChI is InChI=1S/C50H89NO8/c1-6-8-10-12-13-14-15-16-17-18-19-20-21-22-23-24-25-26-27-28-29-30-31-32-33-34-35-37-39-41-48(53)59-46(44-57-47(52)40-38-36-11-9-7-2)45-58-50(49(54)55)56-43-42-51(3,4)5/h8,10,13-14,16-17,19-20,46,50H,6-7,9,11-12,15,18,21-45H2,1-5H3/p+1/b10-8-,14-13-,17-16-,20-19-. The first-order chi connectivity index (χ1) is 28.6. The smallest absolute Gasteiger partial charge is 0.361 e. The van der Waals surface area contributed by atoms with Gasteiger partial charge < -0.3 is 28.5 Å². The van der Waals surface area contributed by atoms with E-state index in [0.717, 1.165) is 77.0 Å². The number of carbonyl (C=O) groups excluding carboxylic acids is 2. The molecule has 0 aromatic heterocycles. The number of aliphatic carboxylic acids is 1. The van der Waals surface area contributed by atoms with Gasteiger partial charge in [-0.3, -0.25) is 9.59 Å². The van der Waals surface area contributed by atoms with Gasteiger partial charge in [-0.05, 0) is 51.4 Å². The minimum Gasteiger partial charge on any atom is -0.477 e. The van der Waals surface area contributed by atoms with Gasteiger partial charge in [0.2, 0.25) is 0 Å². The summed E-state index contributed by atoms with van der Waals surface area (Å²) in [5.41, 5.74) is 0. The third-order valence-electron chi connectivity index (χ3n) is 10.1. The van der Waals surface area contributed by atoms with E-state index >= 15 is 0 Å². The molecular formula is C50H90NO8+. The van der Waals surface area contributed by atoms with Crippen molar-refractivity contribution in [2.75, 3.05) is 47.5 Å². The van der Waals surface area contributed by atoms with E-state index in [-0.39, 0.29) is 32.2 Å². The summed E-state index contributed by atoms with van der Waals surface area (Å²) in [6.45, 7) is 4.66. The highest BCUT2D eigenvalue weighted by molar-refractivity contribution is 5.71. The van der Waals surface area contributed by atoms with E-state index in [0.29, 0.717) is 17.4 Å². The number of esters is 2. The zero-order chi connectivity index (χ0) is 43.5. The van der Waals surface area contributed by atoms with Gasteiger partial charge >= 0.3 is 17.9 Å². The molecule has 0 rings (SSSR count).